The highest BCUT2D eigenvalue weighted by molar-refractivity contribution is 7.80. The van der Waals surface area contributed by atoms with E-state index < -0.39 is 7.14 Å². The van der Waals surface area contributed by atoms with E-state index in [1.165, 1.54) is 0 Å². The number of benzene rings is 6. The lowest BCUT2D eigenvalue weighted by atomic mass is 9.78. The highest BCUT2D eigenvalue weighted by Crippen LogP contribution is 2.63. The van der Waals surface area contributed by atoms with Crippen LogP contribution in [0.25, 0.3) is 55.6 Å². The van der Waals surface area contributed by atoms with E-state index in [1.807, 2.05) is 30.9 Å². The average Bonchev–Trinajstić information content (AvgIpc) is 3.31. The molecule has 0 fully saturated rings. The van der Waals surface area contributed by atoms with Crippen molar-refractivity contribution >= 4 is 17.8 Å². The van der Waals surface area contributed by atoms with Crippen molar-refractivity contribution in [2.45, 2.75) is 27.1 Å². The Kier molecular flexibility index (Phi) is 5.65. The first-order chi connectivity index (χ1) is 22.0. The minimum absolute atomic E-state index is 0.466. The molecule has 0 saturated carbocycles. The predicted molar refractivity (Wildman–Crippen MR) is 185 cm³/mol. The van der Waals surface area contributed by atoms with Gasteiger partial charge in [0.05, 0.1) is 0 Å². The van der Waals surface area contributed by atoms with Gasteiger partial charge in [0, 0.05) is 55.1 Å². The maximum Gasteiger partial charge on any atom is 0.142 e. The fraction of sp³-hybridized carbons (Fsp3) is 0.122. The Morgan fingerprint density at radius 2 is 0.867 bits per heavy atom. The van der Waals surface area contributed by atoms with Gasteiger partial charge >= 0.3 is 0 Å². The molecule has 0 saturated heterocycles. The molecule has 4 heteroatoms. The Morgan fingerprint density at radius 3 is 1.29 bits per heavy atom. The van der Waals surface area contributed by atoms with Crippen LogP contribution in [0.1, 0.15) is 22.3 Å². The highest BCUT2D eigenvalue weighted by Gasteiger charge is 2.47. The molecule has 0 spiro atoms. The van der Waals surface area contributed by atoms with Crippen LogP contribution in [-0.4, -0.2) is 6.66 Å². The molecule has 3 aliphatic heterocycles. The van der Waals surface area contributed by atoms with E-state index in [1.54, 1.807) is 0 Å². The molecule has 0 unspecified atom stereocenters. The summed E-state index contributed by atoms with van der Waals surface area (Å²) < 4.78 is 28.9. The normalized spacial score (nSPS) is 14.6. The minimum Gasteiger partial charge on any atom is -0.488 e. The van der Waals surface area contributed by atoms with E-state index in [0.717, 1.165) is 100.0 Å². The van der Waals surface area contributed by atoms with Crippen LogP contribution < -0.4 is 20.1 Å². The molecule has 0 N–H and O–H groups in total. The van der Waals surface area contributed by atoms with Gasteiger partial charge in [-0.2, -0.15) is 0 Å². The van der Waals surface area contributed by atoms with Gasteiger partial charge in [-0.25, -0.2) is 0 Å². The summed E-state index contributed by atoms with van der Waals surface area (Å²) in [7, 11) is -3.18. The van der Waals surface area contributed by atoms with Gasteiger partial charge in [0.1, 0.15) is 31.9 Å². The largest absolute Gasteiger partial charge is 0.488 e. The van der Waals surface area contributed by atoms with Crippen LogP contribution in [0.2, 0.25) is 0 Å². The van der Waals surface area contributed by atoms with Crippen LogP contribution in [0.4, 0.5) is 0 Å². The number of para-hydroxylation sites is 2. The molecule has 6 aromatic rings. The Balaban J connectivity index is 1.56. The van der Waals surface area contributed by atoms with Crippen LogP contribution >= 0.6 is 7.14 Å². The van der Waals surface area contributed by atoms with Gasteiger partial charge < -0.3 is 14.0 Å². The van der Waals surface area contributed by atoms with E-state index in [4.69, 9.17) is 9.47 Å². The number of ether oxygens (including phenoxy) is 2. The smallest absolute Gasteiger partial charge is 0.142 e. The van der Waals surface area contributed by atoms with Crippen molar-refractivity contribution in [3.63, 3.8) is 0 Å². The molecule has 45 heavy (non-hydrogen) atoms. The number of rotatable bonds is 2. The first-order valence-corrected chi connectivity index (χ1v) is 17.6. The number of hydrogen-bond acceptors (Lipinski definition) is 3. The summed E-state index contributed by atoms with van der Waals surface area (Å²) in [5.41, 5.74) is 15.5. The van der Waals surface area contributed by atoms with Gasteiger partial charge in [-0.1, -0.05) is 97.1 Å². The third-order valence-corrected chi connectivity index (χ3v) is 12.6. The molecule has 9 rings (SSSR count). The van der Waals surface area contributed by atoms with Crippen LogP contribution in [0.3, 0.4) is 0 Å². The van der Waals surface area contributed by atoms with Crippen LogP contribution in [-0.2, 0) is 17.8 Å². The molecular formula is C41H31O3P. The zero-order valence-electron chi connectivity index (χ0n) is 25.5. The zero-order valence-corrected chi connectivity index (χ0v) is 26.4. The molecule has 0 atom stereocenters. The van der Waals surface area contributed by atoms with Crippen molar-refractivity contribution in [1.29, 1.82) is 0 Å². The maximum atomic E-state index is 16.1. The lowest BCUT2D eigenvalue weighted by Crippen LogP contribution is -2.19. The summed E-state index contributed by atoms with van der Waals surface area (Å²) in [5.74, 6) is 1.73. The summed E-state index contributed by atoms with van der Waals surface area (Å²) >= 11 is 0. The van der Waals surface area contributed by atoms with Gasteiger partial charge in [-0.15, -0.1) is 0 Å². The molecule has 6 aromatic carbocycles. The zero-order chi connectivity index (χ0) is 30.4. The van der Waals surface area contributed by atoms with Gasteiger partial charge in [0.25, 0.3) is 0 Å². The van der Waals surface area contributed by atoms with Gasteiger partial charge in [-0.3, -0.25) is 0 Å². The summed E-state index contributed by atoms with van der Waals surface area (Å²) in [6.07, 6.45) is 0. The third-order valence-electron chi connectivity index (χ3n) is 9.99. The molecular weight excluding hydrogens is 571 g/mol. The Labute approximate surface area is 263 Å². The van der Waals surface area contributed by atoms with Gasteiger partial charge in [0.2, 0.25) is 0 Å². The Hall–Kier alpha value is -4.85. The first-order valence-electron chi connectivity index (χ1n) is 15.5. The molecule has 0 amide bonds. The molecule has 218 valence electrons. The molecule has 0 aliphatic carbocycles. The van der Waals surface area contributed by atoms with E-state index in [-0.39, 0.29) is 0 Å². The monoisotopic (exact) mass is 602 g/mol. The summed E-state index contributed by atoms with van der Waals surface area (Å²) in [6, 6.07) is 37.6. The fourth-order valence-electron chi connectivity index (χ4n) is 8.04. The molecule has 0 aromatic heterocycles. The van der Waals surface area contributed by atoms with E-state index in [9.17, 15) is 0 Å². The SMILES string of the molecule is Cc1c2c(c3c(c1-c1ccccc1)P(C)(=O)c1c(-c4ccccc4)c(C)c4c(c1-3)-c1ccccc1OC4)-c1ccccc1OC2. The van der Waals surface area contributed by atoms with Crippen molar-refractivity contribution in [2.75, 3.05) is 6.66 Å². The molecule has 3 nitrogen and oxygen atoms in total. The Bertz CT molecular complexity index is 2110. The second-order valence-corrected chi connectivity index (χ2v) is 15.1. The topological polar surface area (TPSA) is 35.5 Å². The van der Waals surface area contributed by atoms with Crippen LogP contribution in [0.5, 0.6) is 11.5 Å². The lowest BCUT2D eigenvalue weighted by molar-refractivity contribution is 0.301. The van der Waals surface area contributed by atoms with Gasteiger partial charge in [0.15, 0.2) is 0 Å². The molecule has 0 bridgehead atoms. The first kappa shape index (κ1) is 26.5. The number of fused-ring (bicyclic) bond motifs is 11. The third kappa shape index (κ3) is 3.56. The standard InChI is InChI=1S/C41H31O3P/c1-24-30-22-43-32-20-12-10-18-28(32)36(30)38-39-37-29-19-11-13-21-33(29)44-23-31(37)25(2)35(27-16-8-5-9-17-27)41(39)45(3,42)40(38)34(24)26-14-6-4-7-15-26/h4-21H,22-23H2,1-3H3. The van der Waals surface area contributed by atoms with E-state index >= 15 is 4.57 Å². The predicted octanol–water partition coefficient (Wildman–Crippen LogP) is 9.68. The molecule has 3 aliphatic rings. The average molecular weight is 603 g/mol. The second kappa shape index (κ2) is 9.57. The summed E-state index contributed by atoms with van der Waals surface area (Å²) in [5, 5.41) is 1.93. The minimum atomic E-state index is -3.18. The molecule has 3 heterocycles. The van der Waals surface area contributed by atoms with Crippen molar-refractivity contribution in [3.05, 3.63) is 131 Å². The fourth-order valence-corrected chi connectivity index (χ4v) is 11.0. The van der Waals surface area contributed by atoms with Crippen LogP contribution in [0.15, 0.2) is 109 Å². The van der Waals surface area contributed by atoms with Crippen molar-refractivity contribution in [3.8, 4) is 67.1 Å². The van der Waals surface area contributed by atoms with Gasteiger partial charge in [-0.05, 0) is 66.0 Å². The van der Waals surface area contributed by atoms with Crippen molar-refractivity contribution < 1.29 is 14.0 Å². The highest BCUT2D eigenvalue weighted by atomic mass is 31.2. The maximum absolute atomic E-state index is 16.1. The van der Waals surface area contributed by atoms with E-state index in [2.05, 4.69) is 98.8 Å². The Morgan fingerprint density at radius 1 is 0.489 bits per heavy atom. The second-order valence-electron chi connectivity index (χ2n) is 12.4. The number of hydrogen-bond donors (Lipinski definition) is 0. The summed E-state index contributed by atoms with van der Waals surface area (Å²) in [6.45, 7) is 7.31. The summed E-state index contributed by atoms with van der Waals surface area (Å²) in [4.78, 5) is 0. The van der Waals surface area contributed by atoms with E-state index in [0.29, 0.717) is 13.2 Å². The lowest BCUT2D eigenvalue weighted by Gasteiger charge is -2.30. The van der Waals surface area contributed by atoms with Crippen molar-refractivity contribution in [2.24, 2.45) is 0 Å². The van der Waals surface area contributed by atoms with Crippen molar-refractivity contribution in [1.82, 2.24) is 0 Å². The van der Waals surface area contributed by atoms with Crippen LogP contribution in [0, 0.1) is 13.8 Å². The quantitative estimate of drug-likeness (QED) is 0.185. The molecule has 0 radical (unpaired) electrons.